The molecule has 0 radical (unpaired) electrons. The molecule has 28 heavy (non-hydrogen) atoms. The molecule has 1 saturated heterocycles. The summed E-state index contributed by atoms with van der Waals surface area (Å²) >= 11 is 0. The molecular weight excluding hydrogens is 356 g/mol. The number of nitrogens with zero attached hydrogens (tertiary/aromatic N) is 1. The quantitative estimate of drug-likeness (QED) is 0.575. The monoisotopic (exact) mass is 388 g/mol. The van der Waals surface area contributed by atoms with E-state index in [4.69, 9.17) is 5.73 Å². The first-order valence-corrected chi connectivity index (χ1v) is 10.2. The first-order valence-electron chi connectivity index (χ1n) is 10.2. The van der Waals surface area contributed by atoms with Gasteiger partial charge in [0, 0.05) is 25.0 Å². The summed E-state index contributed by atoms with van der Waals surface area (Å²) in [5, 5.41) is 16.1. The summed E-state index contributed by atoms with van der Waals surface area (Å²) in [5.41, 5.74) is 7.56. The molecule has 0 spiro atoms. The number of aromatic hydroxyl groups is 1. The maximum Gasteiger partial charge on any atom is 0.237 e. The van der Waals surface area contributed by atoms with Gasteiger partial charge in [-0.2, -0.15) is 0 Å². The number of hydrogen-bond acceptors (Lipinski definition) is 5. The summed E-state index contributed by atoms with van der Waals surface area (Å²) in [7, 11) is 0. The Kier molecular flexibility index (Phi) is 6.57. The molecule has 2 amide bonds. The normalized spacial score (nSPS) is 21.9. The van der Waals surface area contributed by atoms with Crippen molar-refractivity contribution in [2.24, 2.45) is 17.6 Å². The van der Waals surface area contributed by atoms with Crippen LogP contribution in [-0.4, -0.2) is 53.5 Å². The zero-order chi connectivity index (χ0) is 20.3. The third-order valence-electron chi connectivity index (χ3n) is 6.05. The second kappa shape index (κ2) is 8.92. The zero-order valence-corrected chi connectivity index (χ0v) is 16.8. The second-order valence-electron chi connectivity index (χ2n) is 8.43. The van der Waals surface area contributed by atoms with E-state index in [1.165, 1.54) is 0 Å². The Morgan fingerprint density at radius 1 is 1.29 bits per heavy atom. The number of phenolic OH excluding ortho intramolecular Hbond substituents is 1. The van der Waals surface area contributed by atoms with Crippen molar-refractivity contribution in [1.82, 2.24) is 15.5 Å². The molecule has 1 aromatic carbocycles. The largest absolute Gasteiger partial charge is 0.508 e. The SMILES string of the molecule is CC(C)C(CN1CCC(C(N)=O)CC1)NC(=O)[C@H]1Cc2ccc(O)cc2CN1. The highest BCUT2D eigenvalue weighted by Gasteiger charge is 2.29. The Bertz CT molecular complexity index is 714. The maximum atomic E-state index is 12.9. The van der Waals surface area contributed by atoms with Crippen LogP contribution in [0.2, 0.25) is 0 Å². The number of phenols is 1. The minimum atomic E-state index is -0.265. The first kappa shape index (κ1) is 20.6. The van der Waals surface area contributed by atoms with Crippen molar-refractivity contribution in [1.29, 1.82) is 0 Å². The number of carbonyl (C=O) groups excluding carboxylic acids is 2. The van der Waals surface area contributed by atoms with Crippen LogP contribution < -0.4 is 16.4 Å². The van der Waals surface area contributed by atoms with E-state index in [0.717, 1.165) is 43.6 Å². The van der Waals surface area contributed by atoms with Gasteiger partial charge < -0.3 is 26.4 Å². The average Bonchev–Trinajstić information content (AvgIpc) is 2.67. The van der Waals surface area contributed by atoms with Crippen LogP contribution in [-0.2, 0) is 22.6 Å². The highest BCUT2D eigenvalue weighted by molar-refractivity contribution is 5.82. The summed E-state index contributed by atoms with van der Waals surface area (Å²) in [5.74, 6) is 0.359. The maximum absolute atomic E-state index is 12.9. The van der Waals surface area contributed by atoms with Gasteiger partial charge in [0.25, 0.3) is 0 Å². The van der Waals surface area contributed by atoms with Gasteiger partial charge in [-0.15, -0.1) is 0 Å². The highest BCUT2D eigenvalue weighted by atomic mass is 16.3. The predicted octanol–water partition coefficient (Wildman–Crippen LogP) is 0.745. The summed E-state index contributed by atoms with van der Waals surface area (Å²) in [6.45, 7) is 7.28. The molecular formula is C21H32N4O3. The van der Waals surface area contributed by atoms with Gasteiger partial charge in [-0.25, -0.2) is 0 Å². The van der Waals surface area contributed by atoms with Crippen LogP contribution in [0.25, 0.3) is 0 Å². The van der Waals surface area contributed by atoms with E-state index in [0.29, 0.717) is 18.9 Å². The third kappa shape index (κ3) is 5.02. The van der Waals surface area contributed by atoms with Crippen molar-refractivity contribution in [3.8, 4) is 5.75 Å². The lowest BCUT2D eigenvalue weighted by Gasteiger charge is -2.35. The number of carbonyl (C=O) groups is 2. The minimum absolute atomic E-state index is 0.0180. The van der Waals surface area contributed by atoms with Crippen molar-refractivity contribution >= 4 is 11.8 Å². The molecule has 5 N–H and O–H groups in total. The molecule has 7 nitrogen and oxygen atoms in total. The van der Waals surface area contributed by atoms with Crippen molar-refractivity contribution in [3.05, 3.63) is 29.3 Å². The lowest BCUT2D eigenvalue weighted by molar-refractivity contribution is -0.124. The zero-order valence-electron chi connectivity index (χ0n) is 16.8. The fourth-order valence-electron chi connectivity index (χ4n) is 4.07. The van der Waals surface area contributed by atoms with Gasteiger partial charge in [0.05, 0.1) is 6.04 Å². The van der Waals surface area contributed by atoms with E-state index in [2.05, 4.69) is 29.4 Å². The van der Waals surface area contributed by atoms with Crippen molar-refractivity contribution in [3.63, 3.8) is 0 Å². The lowest BCUT2D eigenvalue weighted by atomic mass is 9.93. The van der Waals surface area contributed by atoms with E-state index in [1.807, 2.05) is 6.07 Å². The van der Waals surface area contributed by atoms with Crippen LogP contribution >= 0.6 is 0 Å². The number of rotatable bonds is 6. The Morgan fingerprint density at radius 2 is 2.00 bits per heavy atom. The molecule has 154 valence electrons. The van der Waals surface area contributed by atoms with Crippen LogP contribution in [0, 0.1) is 11.8 Å². The van der Waals surface area contributed by atoms with E-state index < -0.39 is 0 Å². The number of hydrogen-bond donors (Lipinski definition) is 4. The molecule has 0 aromatic heterocycles. The van der Waals surface area contributed by atoms with Crippen LogP contribution in [0.3, 0.4) is 0 Å². The Morgan fingerprint density at radius 3 is 2.64 bits per heavy atom. The summed E-state index contributed by atoms with van der Waals surface area (Å²) < 4.78 is 0. The molecule has 1 unspecified atom stereocenters. The number of likely N-dealkylation sites (tertiary alicyclic amines) is 1. The lowest BCUT2D eigenvalue weighted by Crippen LogP contribution is -2.55. The molecule has 0 aliphatic carbocycles. The smallest absolute Gasteiger partial charge is 0.237 e. The van der Waals surface area contributed by atoms with Gasteiger partial charge in [0.1, 0.15) is 5.75 Å². The number of primary amides is 1. The van der Waals surface area contributed by atoms with E-state index in [-0.39, 0.29) is 35.6 Å². The van der Waals surface area contributed by atoms with Crippen molar-refractivity contribution in [2.75, 3.05) is 19.6 Å². The standard InChI is InChI=1S/C21H32N4O3/c1-13(2)19(12-25-7-5-14(6-8-25)20(22)27)24-21(28)18-10-15-3-4-17(26)9-16(15)11-23-18/h3-4,9,13-14,18-19,23,26H,5-8,10-12H2,1-2H3,(H2,22,27)(H,24,28)/t18-,19?/m1/s1. The molecule has 2 heterocycles. The molecule has 1 fully saturated rings. The molecule has 2 atom stereocenters. The fraction of sp³-hybridized carbons (Fsp3) is 0.619. The van der Waals surface area contributed by atoms with Gasteiger partial charge in [0.15, 0.2) is 0 Å². The molecule has 0 saturated carbocycles. The molecule has 1 aromatic rings. The Labute approximate surface area is 166 Å². The van der Waals surface area contributed by atoms with Gasteiger partial charge in [-0.05, 0) is 61.5 Å². The van der Waals surface area contributed by atoms with E-state index in [9.17, 15) is 14.7 Å². The number of fused-ring (bicyclic) bond motifs is 1. The molecule has 2 aliphatic heterocycles. The number of piperidine rings is 1. The van der Waals surface area contributed by atoms with Crippen LogP contribution in [0.1, 0.15) is 37.8 Å². The number of nitrogens with two attached hydrogens (primary N) is 1. The van der Waals surface area contributed by atoms with E-state index in [1.54, 1.807) is 12.1 Å². The minimum Gasteiger partial charge on any atom is -0.508 e. The highest BCUT2D eigenvalue weighted by Crippen LogP contribution is 2.22. The van der Waals surface area contributed by atoms with Gasteiger partial charge >= 0.3 is 0 Å². The summed E-state index contributed by atoms with van der Waals surface area (Å²) in [6.07, 6.45) is 2.21. The first-order chi connectivity index (χ1) is 13.3. The van der Waals surface area contributed by atoms with Gasteiger partial charge in [-0.1, -0.05) is 19.9 Å². The molecule has 2 aliphatic rings. The van der Waals surface area contributed by atoms with Crippen molar-refractivity contribution < 1.29 is 14.7 Å². The van der Waals surface area contributed by atoms with E-state index >= 15 is 0 Å². The van der Waals surface area contributed by atoms with Gasteiger partial charge in [-0.3, -0.25) is 9.59 Å². The Balaban J connectivity index is 1.55. The topological polar surface area (TPSA) is 108 Å². The summed E-state index contributed by atoms with van der Waals surface area (Å²) in [4.78, 5) is 26.5. The molecule has 3 rings (SSSR count). The number of nitrogens with one attached hydrogen (secondary N) is 2. The molecule has 0 bridgehead atoms. The fourth-order valence-corrected chi connectivity index (χ4v) is 4.07. The van der Waals surface area contributed by atoms with Gasteiger partial charge in [0.2, 0.25) is 11.8 Å². The predicted molar refractivity (Wildman–Crippen MR) is 108 cm³/mol. The Hall–Kier alpha value is -2.12. The second-order valence-corrected chi connectivity index (χ2v) is 8.43. The molecule has 7 heteroatoms. The van der Waals surface area contributed by atoms with Crippen LogP contribution in [0.5, 0.6) is 5.75 Å². The summed E-state index contributed by atoms with van der Waals surface area (Å²) in [6, 6.07) is 5.11. The van der Waals surface area contributed by atoms with Crippen LogP contribution in [0.15, 0.2) is 18.2 Å². The number of benzene rings is 1. The average molecular weight is 389 g/mol. The third-order valence-corrected chi connectivity index (χ3v) is 6.05. The van der Waals surface area contributed by atoms with Crippen molar-refractivity contribution in [2.45, 2.75) is 51.7 Å². The van der Waals surface area contributed by atoms with Crippen LogP contribution in [0.4, 0.5) is 0 Å². The number of amides is 2.